The summed E-state index contributed by atoms with van der Waals surface area (Å²) in [7, 11) is 0. The monoisotopic (exact) mass is 333 g/mol. The van der Waals surface area contributed by atoms with E-state index in [4.69, 9.17) is 23.2 Å². The molecule has 0 spiro atoms. The first-order chi connectivity index (χ1) is 10.6. The van der Waals surface area contributed by atoms with Gasteiger partial charge in [-0.15, -0.1) is 0 Å². The van der Waals surface area contributed by atoms with Crippen molar-refractivity contribution in [2.24, 2.45) is 5.41 Å². The number of halogens is 2. The Hall–Kier alpha value is -1.35. The average Bonchev–Trinajstić information content (AvgIpc) is 3.00. The molecule has 1 fully saturated rings. The van der Waals surface area contributed by atoms with Crippen LogP contribution >= 0.6 is 23.2 Å². The van der Waals surface area contributed by atoms with Crippen LogP contribution in [0, 0.1) is 5.41 Å². The molecular weight excluding hydrogens is 317 g/mol. The van der Waals surface area contributed by atoms with Crippen molar-refractivity contribution in [3.8, 4) is 0 Å². The highest BCUT2D eigenvalue weighted by molar-refractivity contribution is 6.42. The normalized spacial score (nSPS) is 21.0. The van der Waals surface area contributed by atoms with Gasteiger partial charge in [0, 0.05) is 12.1 Å². The van der Waals surface area contributed by atoms with E-state index < -0.39 is 5.41 Å². The molecule has 1 saturated heterocycles. The van der Waals surface area contributed by atoms with E-state index in [1.165, 1.54) is 5.56 Å². The van der Waals surface area contributed by atoms with Crippen LogP contribution in [0.3, 0.4) is 0 Å². The minimum atomic E-state index is -0.404. The van der Waals surface area contributed by atoms with Crippen molar-refractivity contribution in [2.75, 3.05) is 13.1 Å². The van der Waals surface area contributed by atoms with Crippen molar-refractivity contribution >= 4 is 29.0 Å². The molecule has 2 aromatic rings. The van der Waals surface area contributed by atoms with Gasteiger partial charge in [0.1, 0.15) is 0 Å². The quantitative estimate of drug-likeness (QED) is 0.840. The molecule has 0 radical (unpaired) electrons. The Morgan fingerprint density at radius 2 is 1.86 bits per heavy atom. The molecule has 1 heterocycles. The number of hydrogen-bond donors (Lipinski definition) is 1. The molecular formula is C18H17Cl2NO. The molecule has 1 N–H and O–H groups in total. The first-order valence-corrected chi connectivity index (χ1v) is 8.11. The van der Waals surface area contributed by atoms with Crippen molar-refractivity contribution in [3.63, 3.8) is 0 Å². The lowest BCUT2D eigenvalue weighted by Gasteiger charge is -2.27. The Balaban J connectivity index is 1.93. The predicted octanol–water partition coefficient (Wildman–Crippen LogP) is 4.40. The third-order valence-corrected chi connectivity index (χ3v) is 5.03. The zero-order valence-corrected chi connectivity index (χ0v) is 13.6. The Morgan fingerprint density at radius 3 is 2.50 bits per heavy atom. The minimum absolute atomic E-state index is 0.139. The van der Waals surface area contributed by atoms with E-state index in [-0.39, 0.29) is 5.78 Å². The Kier molecular flexibility index (Phi) is 4.53. The summed E-state index contributed by atoms with van der Waals surface area (Å²) in [5.41, 5.74) is 1.41. The lowest BCUT2D eigenvalue weighted by molar-refractivity contribution is 0.0816. The van der Waals surface area contributed by atoms with Gasteiger partial charge in [0.05, 0.1) is 15.5 Å². The average molecular weight is 334 g/mol. The van der Waals surface area contributed by atoms with Crippen LogP contribution in [-0.4, -0.2) is 18.9 Å². The fourth-order valence-corrected chi connectivity index (χ4v) is 3.40. The van der Waals surface area contributed by atoms with E-state index in [1.807, 2.05) is 18.2 Å². The number of Topliss-reactive ketones (excluding diaryl/α,β-unsaturated/α-hetero) is 1. The van der Waals surface area contributed by atoms with Gasteiger partial charge in [-0.3, -0.25) is 4.79 Å². The second kappa shape index (κ2) is 6.41. The number of hydrogen-bond acceptors (Lipinski definition) is 2. The van der Waals surface area contributed by atoms with Crippen LogP contribution < -0.4 is 5.32 Å². The lowest BCUT2D eigenvalue weighted by atomic mass is 9.75. The minimum Gasteiger partial charge on any atom is -0.316 e. The summed E-state index contributed by atoms with van der Waals surface area (Å²) in [5.74, 6) is 0.139. The maximum absolute atomic E-state index is 13.1. The van der Waals surface area contributed by atoms with Gasteiger partial charge in [-0.1, -0.05) is 53.5 Å². The van der Waals surface area contributed by atoms with Crippen LogP contribution in [0.2, 0.25) is 10.0 Å². The summed E-state index contributed by atoms with van der Waals surface area (Å²) in [6.45, 7) is 1.56. The van der Waals surface area contributed by atoms with Crippen LogP contribution in [-0.2, 0) is 6.42 Å². The molecule has 1 aliphatic heterocycles. The van der Waals surface area contributed by atoms with Gasteiger partial charge in [0.15, 0.2) is 5.78 Å². The highest BCUT2D eigenvalue weighted by Crippen LogP contribution is 2.35. The molecule has 0 saturated carbocycles. The van der Waals surface area contributed by atoms with E-state index in [0.717, 1.165) is 19.4 Å². The maximum Gasteiger partial charge on any atom is 0.170 e. The fourth-order valence-electron chi connectivity index (χ4n) is 3.10. The Labute approximate surface area is 140 Å². The standard InChI is InChI=1S/C18H17Cl2NO/c19-15-7-6-14(10-16(15)20)17(22)18(8-9-21-12-18)11-13-4-2-1-3-5-13/h1-7,10,21H,8-9,11-12H2/t18-/m1/s1. The zero-order chi connectivity index (χ0) is 15.6. The van der Waals surface area contributed by atoms with Crippen LogP contribution in [0.4, 0.5) is 0 Å². The molecule has 0 amide bonds. The molecule has 0 aromatic heterocycles. The molecule has 1 aliphatic rings. The van der Waals surface area contributed by atoms with Crippen molar-refractivity contribution in [1.82, 2.24) is 5.32 Å². The summed E-state index contributed by atoms with van der Waals surface area (Å²) in [6.07, 6.45) is 1.57. The number of ketones is 1. The largest absolute Gasteiger partial charge is 0.316 e. The Bertz CT molecular complexity index is 679. The van der Waals surface area contributed by atoms with Crippen LogP contribution in [0.25, 0.3) is 0 Å². The molecule has 4 heteroatoms. The summed E-state index contributed by atoms with van der Waals surface area (Å²) in [5, 5.41) is 4.23. The summed E-state index contributed by atoms with van der Waals surface area (Å²) in [4.78, 5) is 13.1. The van der Waals surface area contributed by atoms with Crippen molar-refractivity contribution < 1.29 is 4.79 Å². The Morgan fingerprint density at radius 1 is 1.09 bits per heavy atom. The van der Waals surface area contributed by atoms with E-state index in [2.05, 4.69) is 17.4 Å². The SMILES string of the molecule is O=C(c1ccc(Cl)c(Cl)c1)[C@@]1(Cc2ccccc2)CCNC1. The summed E-state index contributed by atoms with van der Waals surface area (Å²) in [6, 6.07) is 15.3. The summed E-state index contributed by atoms with van der Waals surface area (Å²) < 4.78 is 0. The molecule has 2 aromatic carbocycles. The van der Waals surface area contributed by atoms with Crippen LogP contribution in [0.15, 0.2) is 48.5 Å². The maximum atomic E-state index is 13.1. The van der Waals surface area contributed by atoms with Gasteiger partial charge < -0.3 is 5.32 Å². The van der Waals surface area contributed by atoms with Gasteiger partial charge in [-0.05, 0) is 43.1 Å². The molecule has 114 valence electrons. The highest BCUT2D eigenvalue weighted by atomic mass is 35.5. The molecule has 22 heavy (non-hydrogen) atoms. The van der Waals surface area contributed by atoms with Crippen LogP contribution in [0.1, 0.15) is 22.3 Å². The van der Waals surface area contributed by atoms with E-state index in [1.54, 1.807) is 18.2 Å². The van der Waals surface area contributed by atoms with Gasteiger partial charge in [0.2, 0.25) is 0 Å². The molecule has 2 nitrogen and oxygen atoms in total. The van der Waals surface area contributed by atoms with Gasteiger partial charge in [-0.25, -0.2) is 0 Å². The fraction of sp³-hybridized carbons (Fsp3) is 0.278. The third-order valence-electron chi connectivity index (χ3n) is 4.29. The highest BCUT2D eigenvalue weighted by Gasteiger charge is 2.41. The van der Waals surface area contributed by atoms with Gasteiger partial charge in [-0.2, -0.15) is 0 Å². The van der Waals surface area contributed by atoms with E-state index in [0.29, 0.717) is 22.2 Å². The van der Waals surface area contributed by atoms with E-state index in [9.17, 15) is 4.79 Å². The smallest absolute Gasteiger partial charge is 0.170 e. The number of nitrogens with one attached hydrogen (secondary N) is 1. The number of rotatable bonds is 4. The molecule has 1 atom stereocenters. The first-order valence-electron chi connectivity index (χ1n) is 7.35. The van der Waals surface area contributed by atoms with Crippen molar-refractivity contribution in [3.05, 3.63) is 69.7 Å². The number of carbonyl (C=O) groups excluding carboxylic acids is 1. The molecule has 3 rings (SSSR count). The molecule has 0 unspecified atom stereocenters. The summed E-state index contributed by atoms with van der Waals surface area (Å²) >= 11 is 12.0. The zero-order valence-electron chi connectivity index (χ0n) is 12.1. The molecule has 0 aliphatic carbocycles. The topological polar surface area (TPSA) is 29.1 Å². The van der Waals surface area contributed by atoms with Crippen molar-refractivity contribution in [1.29, 1.82) is 0 Å². The first kappa shape index (κ1) is 15.5. The second-order valence-corrected chi connectivity index (χ2v) is 6.64. The number of carbonyl (C=O) groups is 1. The predicted molar refractivity (Wildman–Crippen MR) is 90.9 cm³/mol. The van der Waals surface area contributed by atoms with Crippen molar-refractivity contribution in [2.45, 2.75) is 12.8 Å². The second-order valence-electron chi connectivity index (χ2n) is 5.83. The van der Waals surface area contributed by atoms with Gasteiger partial charge in [0.25, 0.3) is 0 Å². The molecule has 0 bridgehead atoms. The third kappa shape index (κ3) is 3.05. The van der Waals surface area contributed by atoms with Gasteiger partial charge >= 0.3 is 0 Å². The van der Waals surface area contributed by atoms with E-state index >= 15 is 0 Å². The number of benzene rings is 2. The lowest BCUT2D eigenvalue weighted by Crippen LogP contribution is -2.36. The van der Waals surface area contributed by atoms with Crippen LogP contribution in [0.5, 0.6) is 0 Å².